The number of aliphatic hydroxyl groups is 1. The van der Waals surface area contributed by atoms with Crippen molar-refractivity contribution in [2.75, 3.05) is 31.2 Å². The van der Waals surface area contributed by atoms with Crippen LogP contribution >= 0.6 is 0 Å². The number of aliphatic hydroxyl groups excluding tert-OH is 1. The lowest BCUT2D eigenvalue weighted by molar-refractivity contribution is -0.154. The predicted octanol–water partition coefficient (Wildman–Crippen LogP) is 1.92. The number of aryl methyl sites for hydroxylation is 2. The number of amides is 2. The molecule has 0 aromatic heterocycles. The number of esters is 1. The van der Waals surface area contributed by atoms with E-state index in [-0.39, 0.29) is 38.1 Å². The highest BCUT2D eigenvalue weighted by molar-refractivity contribution is 6.05. The van der Waals surface area contributed by atoms with E-state index < -0.39 is 35.6 Å². The average molecular weight is 469 g/mol. The first kappa shape index (κ1) is 24.2. The van der Waals surface area contributed by atoms with Gasteiger partial charge < -0.3 is 24.4 Å². The van der Waals surface area contributed by atoms with Crippen molar-refractivity contribution >= 4 is 23.5 Å². The van der Waals surface area contributed by atoms with E-state index in [1.165, 1.54) is 11.0 Å². The molecule has 0 saturated carbocycles. The zero-order valence-corrected chi connectivity index (χ0v) is 19.7. The Balaban J connectivity index is 1.76. The molecular weight excluding hydrogens is 436 g/mol. The summed E-state index contributed by atoms with van der Waals surface area (Å²) in [5, 5.41) is 9.73. The number of β-amino-alcohol motifs (C(OH)–C–C–N with tert-alkyl or cyclic N) is 1. The Bertz CT molecular complexity index is 1020. The normalized spacial score (nSPS) is 29.1. The summed E-state index contributed by atoms with van der Waals surface area (Å²) in [7, 11) is 0. The largest absolute Gasteiger partial charge is 0.461 e. The molecule has 3 saturated heterocycles. The minimum atomic E-state index is -1.14. The summed E-state index contributed by atoms with van der Waals surface area (Å²) >= 11 is 0. The standard InChI is InChI=1S/C26H32N2O6/c1-5-11-27(18-15-16(3)7-8-17(18)4)24(31)22-26-10-9-19(34-26)20(25(32)33-14-6-2)21(26)23(30)28(22)12-13-29/h5-8,15,19-22,29H,1-2,9-14H2,3-4H3/t19-,20+,21+,22?,26?/m1/s1. The molecule has 1 spiro atoms. The molecule has 3 aliphatic rings. The fourth-order valence-corrected chi connectivity index (χ4v) is 5.88. The molecule has 1 N–H and O–H groups in total. The van der Waals surface area contributed by atoms with Crippen molar-refractivity contribution in [1.29, 1.82) is 0 Å². The maximum absolute atomic E-state index is 14.2. The first-order valence-electron chi connectivity index (χ1n) is 11.7. The van der Waals surface area contributed by atoms with Crippen LogP contribution in [0.5, 0.6) is 0 Å². The molecule has 8 nitrogen and oxygen atoms in total. The molecule has 3 heterocycles. The van der Waals surface area contributed by atoms with Crippen molar-refractivity contribution in [3.8, 4) is 0 Å². The maximum Gasteiger partial charge on any atom is 0.312 e. The number of likely N-dealkylation sites (tertiary alicyclic amines) is 1. The molecule has 1 aromatic rings. The lowest BCUT2D eigenvalue weighted by Crippen LogP contribution is -2.57. The van der Waals surface area contributed by atoms with Gasteiger partial charge in [0, 0.05) is 18.8 Å². The molecule has 3 fully saturated rings. The van der Waals surface area contributed by atoms with E-state index in [0.717, 1.165) is 16.8 Å². The van der Waals surface area contributed by atoms with Gasteiger partial charge in [-0.3, -0.25) is 14.4 Å². The van der Waals surface area contributed by atoms with Gasteiger partial charge in [-0.15, -0.1) is 6.58 Å². The lowest BCUT2D eigenvalue weighted by atomic mass is 9.70. The molecule has 1 aromatic carbocycles. The Morgan fingerprint density at radius 2 is 2.09 bits per heavy atom. The third-order valence-corrected chi connectivity index (χ3v) is 7.22. The quantitative estimate of drug-likeness (QED) is 0.439. The number of hydrogen-bond acceptors (Lipinski definition) is 6. The van der Waals surface area contributed by atoms with E-state index in [1.807, 2.05) is 32.0 Å². The van der Waals surface area contributed by atoms with Crippen LogP contribution in [0.25, 0.3) is 0 Å². The first-order chi connectivity index (χ1) is 16.3. The Hall–Kier alpha value is -2.97. The number of carbonyl (C=O) groups excluding carboxylic acids is 3. The van der Waals surface area contributed by atoms with E-state index >= 15 is 0 Å². The van der Waals surface area contributed by atoms with Crippen molar-refractivity contribution in [3.05, 3.63) is 54.6 Å². The fraction of sp³-hybridized carbons (Fsp3) is 0.500. The van der Waals surface area contributed by atoms with Crippen LogP contribution in [0, 0.1) is 25.7 Å². The van der Waals surface area contributed by atoms with Crippen LogP contribution in [0.1, 0.15) is 24.0 Å². The Morgan fingerprint density at radius 3 is 2.76 bits per heavy atom. The number of benzene rings is 1. The molecule has 4 rings (SSSR count). The molecule has 5 atom stereocenters. The van der Waals surface area contributed by atoms with Crippen molar-refractivity contribution in [1.82, 2.24) is 4.90 Å². The maximum atomic E-state index is 14.2. The van der Waals surface area contributed by atoms with Crippen molar-refractivity contribution < 1.29 is 29.0 Å². The number of anilines is 1. The van der Waals surface area contributed by atoms with Crippen LogP contribution in [0.4, 0.5) is 5.69 Å². The fourth-order valence-electron chi connectivity index (χ4n) is 5.88. The highest BCUT2D eigenvalue weighted by Crippen LogP contribution is 2.58. The zero-order chi connectivity index (χ0) is 24.6. The summed E-state index contributed by atoms with van der Waals surface area (Å²) in [6.45, 7) is 11.2. The molecule has 2 amide bonds. The second kappa shape index (κ2) is 9.35. The van der Waals surface area contributed by atoms with Crippen LogP contribution in [0.15, 0.2) is 43.5 Å². The first-order valence-corrected chi connectivity index (χ1v) is 11.7. The second-order valence-corrected chi connectivity index (χ2v) is 9.26. The topological polar surface area (TPSA) is 96.4 Å². The number of carbonyl (C=O) groups is 3. The van der Waals surface area contributed by atoms with Gasteiger partial charge in [0.2, 0.25) is 5.91 Å². The summed E-state index contributed by atoms with van der Waals surface area (Å²) in [6.07, 6.45) is 3.67. The van der Waals surface area contributed by atoms with Gasteiger partial charge in [0.1, 0.15) is 18.2 Å². The highest BCUT2D eigenvalue weighted by Gasteiger charge is 2.75. The number of fused-ring (bicyclic) bond motifs is 1. The third-order valence-electron chi connectivity index (χ3n) is 7.22. The Morgan fingerprint density at radius 1 is 1.32 bits per heavy atom. The lowest BCUT2D eigenvalue weighted by Gasteiger charge is -2.37. The van der Waals surface area contributed by atoms with Gasteiger partial charge >= 0.3 is 5.97 Å². The Labute approximate surface area is 199 Å². The summed E-state index contributed by atoms with van der Waals surface area (Å²) in [5.74, 6) is -2.78. The van der Waals surface area contributed by atoms with Gasteiger partial charge in [-0.1, -0.05) is 30.9 Å². The molecule has 2 unspecified atom stereocenters. The minimum absolute atomic E-state index is 0.0231. The van der Waals surface area contributed by atoms with Gasteiger partial charge in [0.05, 0.1) is 24.5 Å². The van der Waals surface area contributed by atoms with Crippen LogP contribution in [0.2, 0.25) is 0 Å². The number of hydrogen-bond donors (Lipinski definition) is 1. The van der Waals surface area contributed by atoms with Gasteiger partial charge in [-0.2, -0.15) is 0 Å². The van der Waals surface area contributed by atoms with Crippen molar-refractivity contribution in [2.45, 2.75) is 44.4 Å². The summed E-state index contributed by atoms with van der Waals surface area (Å²) in [5.41, 5.74) is 1.51. The van der Waals surface area contributed by atoms with E-state index in [0.29, 0.717) is 12.8 Å². The Kier molecular flexibility index (Phi) is 6.64. The SMILES string of the molecule is C=CCOC(=O)[C@@H]1[C@H]2C(=O)N(CCO)C(C(=O)N(CC=C)c3cc(C)ccc3C)C23CC[C@H]1O3. The molecule has 34 heavy (non-hydrogen) atoms. The summed E-state index contributed by atoms with van der Waals surface area (Å²) < 4.78 is 11.6. The number of nitrogens with zero attached hydrogens (tertiary/aromatic N) is 2. The molecular formula is C26H32N2O6. The monoisotopic (exact) mass is 468 g/mol. The van der Waals surface area contributed by atoms with Crippen LogP contribution in [0.3, 0.4) is 0 Å². The zero-order valence-electron chi connectivity index (χ0n) is 19.7. The highest BCUT2D eigenvalue weighted by atomic mass is 16.6. The van der Waals surface area contributed by atoms with E-state index in [4.69, 9.17) is 9.47 Å². The average Bonchev–Trinajstić information content (AvgIpc) is 3.45. The second-order valence-electron chi connectivity index (χ2n) is 9.26. The van der Waals surface area contributed by atoms with Gasteiger partial charge in [-0.05, 0) is 43.9 Å². The minimum Gasteiger partial charge on any atom is -0.461 e. The van der Waals surface area contributed by atoms with Crippen LogP contribution in [-0.4, -0.2) is 71.8 Å². The van der Waals surface area contributed by atoms with E-state index in [1.54, 1.807) is 11.0 Å². The summed E-state index contributed by atoms with van der Waals surface area (Å²) in [6, 6.07) is 4.90. The van der Waals surface area contributed by atoms with E-state index in [9.17, 15) is 19.5 Å². The molecule has 0 radical (unpaired) electrons. The molecule has 0 aliphatic carbocycles. The molecule has 2 bridgehead atoms. The van der Waals surface area contributed by atoms with Crippen molar-refractivity contribution in [3.63, 3.8) is 0 Å². The van der Waals surface area contributed by atoms with Gasteiger partial charge in [0.15, 0.2) is 0 Å². The van der Waals surface area contributed by atoms with Crippen molar-refractivity contribution in [2.24, 2.45) is 11.8 Å². The molecule has 8 heteroatoms. The predicted molar refractivity (Wildman–Crippen MR) is 126 cm³/mol. The number of ether oxygens (including phenoxy) is 2. The molecule has 182 valence electrons. The molecule has 3 aliphatic heterocycles. The smallest absolute Gasteiger partial charge is 0.312 e. The third kappa shape index (κ3) is 3.65. The van der Waals surface area contributed by atoms with Crippen LogP contribution < -0.4 is 4.90 Å². The summed E-state index contributed by atoms with van der Waals surface area (Å²) in [4.78, 5) is 43.7. The number of rotatable bonds is 9. The van der Waals surface area contributed by atoms with Gasteiger partial charge in [-0.25, -0.2) is 0 Å². The van der Waals surface area contributed by atoms with Gasteiger partial charge in [0.25, 0.3) is 5.91 Å². The van der Waals surface area contributed by atoms with E-state index in [2.05, 4.69) is 13.2 Å². The van der Waals surface area contributed by atoms with Crippen LogP contribution in [-0.2, 0) is 23.9 Å².